The van der Waals surface area contributed by atoms with E-state index in [2.05, 4.69) is 31.1 Å². The second-order valence-electron chi connectivity index (χ2n) is 9.32. The number of hydrogen-bond acceptors (Lipinski definition) is 3. The van der Waals surface area contributed by atoms with E-state index in [1.807, 2.05) is 9.47 Å². The summed E-state index contributed by atoms with van der Waals surface area (Å²) in [6.45, 7) is 8.96. The summed E-state index contributed by atoms with van der Waals surface area (Å²) >= 11 is 0. The zero-order chi connectivity index (χ0) is 17.8. The molecule has 25 heavy (non-hydrogen) atoms. The minimum Gasteiger partial charge on any atom is -0.350 e. The van der Waals surface area contributed by atoms with E-state index in [-0.39, 0.29) is 16.7 Å². The van der Waals surface area contributed by atoms with E-state index in [4.69, 9.17) is 0 Å². The molecule has 0 spiro atoms. The first-order chi connectivity index (χ1) is 11.8. The molecular formula is C19H28N4O2. The van der Waals surface area contributed by atoms with Crippen molar-refractivity contribution in [2.24, 2.45) is 16.7 Å². The minimum absolute atomic E-state index is 0.0263. The predicted octanol–water partition coefficient (Wildman–Crippen LogP) is 2.19. The Balaban J connectivity index is 1.51. The van der Waals surface area contributed by atoms with E-state index in [0.29, 0.717) is 24.7 Å². The van der Waals surface area contributed by atoms with Gasteiger partial charge in [-0.1, -0.05) is 20.8 Å². The molecule has 6 nitrogen and oxygen atoms in total. The van der Waals surface area contributed by atoms with Crippen LogP contribution in [-0.4, -0.2) is 39.4 Å². The van der Waals surface area contributed by atoms with Gasteiger partial charge in [0.15, 0.2) is 5.69 Å². The molecule has 1 aromatic heterocycles. The molecule has 4 aliphatic rings. The zero-order valence-corrected chi connectivity index (χ0v) is 15.5. The molecule has 3 fully saturated rings. The van der Waals surface area contributed by atoms with Crippen molar-refractivity contribution in [3.8, 4) is 0 Å². The molecule has 1 N–H and O–H groups in total. The highest BCUT2D eigenvalue weighted by Crippen LogP contribution is 2.65. The summed E-state index contributed by atoms with van der Waals surface area (Å²) in [6, 6.07) is 0. The molecule has 136 valence electrons. The number of hydrogen-bond donors (Lipinski definition) is 1. The third-order valence-electron chi connectivity index (χ3n) is 5.89. The van der Waals surface area contributed by atoms with Crippen molar-refractivity contribution in [1.82, 2.24) is 19.8 Å². The first kappa shape index (κ1) is 16.6. The fraction of sp³-hybridized carbons (Fsp3) is 0.737. The van der Waals surface area contributed by atoms with Crippen molar-refractivity contribution in [3.05, 3.63) is 17.7 Å². The molecule has 0 saturated heterocycles. The van der Waals surface area contributed by atoms with Gasteiger partial charge in [-0.3, -0.25) is 9.59 Å². The van der Waals surface area contributed by atoms with Gasteiger partial charge in [-0.15, -0.1) is 0 Å². The second-order valence-corrected chi connectivity index (χ2v) is 9.32. The molecular weight excluding hydrogens is 316 g/mol. The Labute approximate surface area is 149 Å². The van der Waals surface area contributed by atoms with Crippen molar-refractivity contribution in [2.45, 2.75) is 59.5 Å². The van der Waals surface area contributed by atoms with Crippen LogP contribution in [0, 0.1) is 16.7 Å². The quantitative estimate of drug-likeness (QED) is 0.914. The van der Waals surface area contributed by atoms with Gasteiger partial charge in [0.05, 0.1) is 24.0 Å². The van der Waals surface area contributed by atoms with Crippen molar-refractivity contribution >= 4 is 11.8 Å². The summed E-state index contributed by atoms with van der Waals surface area (Å²) in [5.41, 5.74) is 1.32. The maximum absolute atomic E-state index is 13.0. The maximum Gasteiger partial charge on any atom is 0.271 e. The van der Waals surface area contributed by atoms with Crippen LogP contribution in [0.15, 0.2) is 6.33 Å². The Morgan fingerprint density at radius 3 is 2.60 bits per heavy atom. The Hall–Kier alpha value is -1.85. The largest absolute Gasteiger partial charge is 0.350 e. The molecule has 3 aliphatic carbocycles. The van der Waals surface area contributed by atoms with Gasteiger partial charge in [0.25, 0.3) is 5.91 Å². The van der Waals surface area contributed by atoms with Crippen LogP contribution >= 0.6 is 0 Å². The van der Waals surface area contributed by atoms with E-state index in [9.17, 15) is 9.59 Å². The number of aryl methyl sites for hydroxylation is 1. The van der Waals surface area contributed by atoms with Gasteiger partial charge >= 0.3 is 0 Å². The first-order valence-electron chi connectivity index (χ1n) is 9.39. The molecule has 1 aromatic rings. The fourth-order valence-corrected chi connectivity index (χ4v) is 4.33. The third kappa shape index (κ3) is 2.85. The molecule has 0 unspecified atom stereocenters. The van der Waals surface area contributed by atoms with E-state index in [0.717, 1.165) is 50.4 Å². The highest BCUT2D eigenvalue weighted by molar-refractivity contribution is 5.93. The second kappa shape index (κ2) is 5.58. The van der Waals surface area contributed by atoms with Crippen LogP contribution < -0.4 is 5.32 Å². The molecule has 2 heterocycles. The van der Waals surface area contributed by atoms with Gasteiger partial charge in [0, 0.05) is 19.6 Å². The Bertz CT molecular complexity index is 698. The topological polar surface area (TPSA) is 67.2 Å². The summed E-state index contributed by atoms with van der Waals surface area (Å²) in [4.78, 5) is 31.9. The van der Waals surface area contributed by atoms with E-state index in [1.54, 1.807) is 6.33 Å². The van der Waals surface area contributed by atoms with Crippen molar-refractivity contribution in [3.63, 3.8) is 0 Å². The molecule has 2 amide bonds. The smallest absolute Gasteiger partial charge is 0.271 e. The lowest BCUT2D eigenvalue weighted by atomic mass is 9.44. The normalized spacial score (nSPS) is 27.6. The molecule has 0 atom stereocenters. The van der Waals surface area contributed by atoms with Crippen molar-refractivity contribution in [2.75, 3.05) is 13.1 Å². The highest BCUT2D eigenvalue weighted by Gasteiger charge is 2.62. The molecule has 2 bridgehead atoms. The van der Waals surface area contributed by atoms with E-state index >= 15 is 0 Å². The van der Waals surface area contributed by atoms with Crippen LogP contribution in [0.25, 0.3) is 0 Å². The molecule has 3 saturated carbocycles. The molecule has 0 radical (unpaired) electrons. The average molecular weight is 344 g/mol. The number of carbonyl (C=O) groups excluding carboxylic acids is 2. The molecule has 5 rings (SSSR count). The molecule has 1 aliphatic heterocycles. The number of nitrogens with zero attached hydrogens (tertiary/aromatic N) is 3. The number of rotatable bonds is 3. The zero-order valence-electron chi connectivity index (χ0n) is 15.5. The summed E-state index contributed by atoms with van der Waals surface area (Å²) in [7, 11) is 0. The Morgan fingerprint density at radius 2 is 2.00 bits per heavy atom. The van der Waals surface area contributed by atoms with Crippen LogP contribution in [0.4, 0.5) is 0 Å². The number of aromatic nitrogens is 2. The maximum atomic E-state index is 13.0. The van der Waals surface area contributed by atoms with Crippen molar-refractivity contribution < 1.29 is 9.59 Å². The van der Waals surface area contributed by atoms with Gasteiger partial charge in [0.1, 0.15) is 0 Å². The standard InChI is InChI=1S/C19H28N4O2/c1-18(2,3)11-20-16(24)15-14-10-22(5-4-6-23(14)12-21-15)17(25)19-7-13(8-19)9-19/h12-13H,4-11H2,1-3H3,(H,20,24). The van der Waals surface area contributed by atoms with Gasteiger partial charge < -0.3 is 14.8 Å². The lowest BCUT2D eigenvalue weighted by Gasteiger charge is -2.61. The lowest BCUT2D eigenvalue weighted by Crippen LogP contribution is -2.61. The predicted molar refractivity (Wildman–Crippen MR) is 93.8 cm³/mol. The summed E-state index contributed by atoms with van der Waals surface area (Å²) in [5.74, 6) is 0.953. The average Bonchev–Trinajstić information content (AvgIpc) is 2.70. The van der Waals surface area contributed by atoms with Crippen LogP contribution in [0.1, 0.15) is 62.6 Å². The Kier molecular flexibility index (Phi) is 3.71. The number of amides is 2. The van der Waals surface area contributed by atoms with Crippen molar-refractivity contribution in [1.29, 1.82) is 0 Å². The number of carbonyl (C=O) groups is 2. The molecule has 6 heteroatoms. The van der Waals surface area contributed by atoms with E-state index in [1.165, 1.54) is 0 Å². The fourth-order valence-electron chi connectivity index (χ4n) is 4.33. The summed E-state index contributed by atoms with van der Waals surface area (Å²) in [6.07, 6.45) is 5.87. The van der Waals surface area contributed by atoms with Crippen LogP contribution in [0.3, 0.4) is 0 Å². The monoisotopic (exact) mass is 344 g/mol. The number of nitrogens with one attached hydrogen (secondary N) is 1. The number of imidazole rings is 1. The van der Waals surface area contributed by atoms with Crippen LogP contribution in [0.5, 0.6) is 0 Å². The lowest BCUT2D eigenvalue weighted by molar-refractivity contribution is -0.177. The van der Waals surface area contributed by atoms with Gasteiger partial charge in [-0.25, -0.2) is 4.98 Å². The first-order valence-corrected chi connectivity index (χ1v) is 9.39. The van der Waals surface area contributed by atoms with Crippen LogP contribution in [0.2, 0.25) is 0 Å². The van der Waals surface area contributed by atoms with Crippen LogP contribution in [-0.2, 0) is 17.9 Å². The van der Waals surface area contributed by atoms with Gasteiger partial charge in [-0.2, -0.15) is 0 Å². The summed E-state index contributed by atoms with van der Waals surface area (Å²) in [5, 5.41) is 2.98. The SMILES string of the molecule is CC(C)(C)CNC(=O)c1ncn2c1CN(C(=O)C13CC(C1)C3)CCC2. The summed E-state index contributed by atoms with van der Waals surface area (Å²) < 4.78 is 2.04. The number of fused-ring (bicyclic) bond motifs is 1. The minimum atomic E-state index is -0.136. The highest BCUT2D eigenvalue weighted by atomic mass is 16.2. The van der Waals surface area contributed by atoms with E-state index < -0.39 is 0 Å². The Morgan fingerprint density at radius 1 is 1.28 bits per heavy atom. The molecule has 0 aromatic carbocycles. The van der Waals surface area contributed by atoms with Gasteiger partial charge in [-0.05, 0) is 37.0 Å². The van der Waals surface area contributed by atoms with Gasteiger partial charge in [0.2, 0.25) is 5.91 Å². The third-order valence-corrected chi connectivity index (χ3v) is 5.89.